The van der Waals surface area contributed by atoms with Gasteiger partial charge in [-0.05, 0) is 62.9 Å². The van der Waals surface area contributed by atoms with E-state index in [4.69, 9.17) is 9.72 Å². The summed E-state index contributed by atoms with van der Waals surface area (Å²) in [6.45, 7) is 4.92. The molecule has 0 unspecified atom stereocenters. The first-order valence-corrected chi connectivity index (χ1v) is 13.6. The number of hydrogen-bond acceptors (Lipinski definition) is 7. The summed E-state index contributed by atoms with van der Waals surface area (Å²) in [6.07, 6.45) is 8.81. The van der Waals surface area contributed by atoms with Crippen molar-refractivity contribution in [1.82, 2.24) is 20.2 Å². The van der Waals surface area contributed by atoms with Gasteiger partial charge < -0.3 is 15.2 Å². The number of carbonyl (C=O) groups is 1. The van der Waals surface area contributed by atoms with Crippen LogP contribution in [-0.2, 0) is 6.42 Å². The van der Waals surface area contributed by atoms with E-state index in [0.29, 0.717) is 35.7 Å². The summed E-state index contributed by atoms with van der Waals surface area (Å²) >= 11 is 1.66. The molecule has 1 saturated carbocycles. The van der Waals surface area contributed by atoms with E-state index in [1.807, 2.05) is 18.2 Å². The highest BCUT2D eigenvalue weighted by atomic mass is 32.1. The number of fused-ring (bicyclic) bond motifs is 1. The molecule has 3 aromatic rings. The van der Waals surface area contributed by atoms with Gasteiger partial charge in [0.15, 0.2) is 0 Å². The number of aromatic nitrogens is 2. The van der Waals surface area contributed by atoms with Crippen LogP contribution in [-0.4, -0.2) is 57.7 Å². The lowest BCUT2D eigenvalue weighted by atomic mass is 9.84. The van der Waals surface area contributed by atoms with Crippen molar-refractivity contribution in [2.45, 2.75) is 64.0 Å². The monoisotopic (exact) mass is 494 g/mol. The zero-order valence-corrected chi connectivity index (χ0v) is 21.1. The van der Waals surface area contributed by atoms with Crippen LogP contribution in [0.15, 0.2) is 36.5 Å². The third-order valence-electron chi connectivity index (χ3n) is 7.31. The fraction of sp³-hybridized carbons (Fsp3) is 0.519. The fourth-order valence-electron chi connectivity index (χ4n) is 5.33. The molecule has 1 aliphatic carbocycles. The van der Waals surface area contributed by atoms with Crippen molar-refractivity contribution < 1.29 is 14.6 Å². The number of likely N-dealkylation sites (N-methyl/N-ethyl adjacent to an activating group) is 1. The molecule has 1 aliphatic heterocycles. The minimum absolute atomic E-state index is 0.175. The number of carbonyl (C=O) groups excluding carboxylic acids is 1. The van der Waals surface area contributed by atoms with E-state index in [-0.39, 0.29) is 12.0 Å². The van der Waals surface area contributed by atoms with Gasteiger partial charge in [-0.1, -0.05) is 19.8 Å². The summed E-state index contributed by atoms with van der Waals surface area (Å²) in [5, 5.41) is 14.4. The van der Waals surface area contributed by atoms with Crippen LogP contribution >= 0.6 is 11.3 Å². The van der Waals surface area contributed by atoms with Crippen LogP contribution in [0.4, 0.5) is 0 Å². The predicted octanol–water partition coefficient (Wildman–Crippen LogP) is 4.79. The highest BCUT2D eigenvalue weighted by molar-refractivity contribution is 7.18. The number of thiazole rings is 1. The second kappa shape index (κ2) is 11.0. The molecule has 1 amide bonds. The normalized spacial score (nSPS) is 23.0. The van der Waals surface area contributed by atoms with Crippen LogP contribution in [0.2, 0.25) is 0 Å². The van der Waals surface area contributed by atoms with Crippen molar-refractivity contribution in [3.05, 3.63) is 47.2 Å². The first-order chi connectivity index (χ1) is 17.1. The molecule has 5 rings (SSSR count). The minimum atomic E-state index is -0.212. The molecule has 1 saturated heterocycles. The fourth-order valence-corrected chi connectivity index (χ4v) is 6.42. The molecule has 8 heteroatoms. The molecular weight excluding hydrogens is 460 g/mol. The predicted molar refractivity (Wildman–Crippen MR) is 138 cm³/mol. The topological polar surface area (TPSA) is 87.6 Å². The molecule has 186 valence electrons. The van der Waals surface area contributed by atoms with Gasteiger partial charge in [0.05, 0.1) is 21.3 Å². The maximum atomic E-state index is 12.7. The Morgan fingerprint density at radius 2 is 2.03 bits per heavy atom. The number of benzene rings is 1. The zero-order valence-electron chi connectivity index (χ0n) is 20.3. The Hall–Kier alpha value is -2.55. The lowest BCUT2D eigenvalue weighted by Crippen LogP contribution is -2.40. The van der Waals surface area contributed by atoms with E-state index in [1.54, 1.807) is 29.7 Å². The van der Waals surface area contributed by atoms with Crippen LogP contribution in [0.1, 0.15) is 60.9 Å². The third kappa shape index (κ3) is 5.82. The molecule has 0 spiro atoms. The van der Waals surface area contributed by atoms with Gasteiger partial charge in [0.1, 0.15) is 17.2 Å². The maximum Gasteiger partial charge on any atom is 0.270 e. The van der Waals surface area contributed by atoms with Gasteiger partial charge in [0, 0.05) is 37.3 Å². The average molecular weight is 495 g/mol. The van der Waals surface area contributed by atoms with Crippen LogP contribution in [0.5, 0.6) is 11.5 Å². The van der Waals surface area contributed by atoms with Gasteiger partial charge >= 0.3 is 0 Å². The summed E-state index contributed by atoms with van der Waals surface area (Å²) in [4.78, 5) is 24.1. The Morgan fingerprint density at radius 1 is 1.17 bits per heavy atom. The Balaban J connectivity index is 1.22. The molecule has 3 atom stereocenters. The molecule has 2 fully saturated rings. The number of amides is 1. The average Bonchev–Trinajstić information content (AvgIpc) is 3.50. The van der Waals surface area contributed by atoms with Crippen molar-refractivity contribution >= 4 is 27.5 Å². The van der Waals surface area contributed by atoms with Gasteiger partial charge in [0.2, 0.25) is 0 Å². The summed E-state index contributed by atoms with van der Waals surface area (Å²) < 4.78 is 7.14. The van der Waals surface area contributed by atoms with Crippen molar-refractivity contribution in [1.29, 1.82) is 0 Å². The van der Waals surface area contributed by atoms with Crippen LogP contribution in [0.3, 0.4) is 0 Å². The second-order valence-electron chi connectivity index (χ2n) is 9.67. The maximum absolute atomic E-state index is 12.7. The number of rotatable bonds is 8. The number of hydrogen-bond donors (Lipinski definition) is 2. The quantitative estimate of drug-likeness (QED) is 0.468. The summed E-state index contributed by atoms with van der Waals surface area (Å²) in [6, 6.07) is 9.72. The number of ether oxygens (including phenoxy) is 1. The molecule has 35 heavy (non-hydrogen) atoms. The second-order valence-corrected chi connectivity index (χ2v) is 10.8. The van der Waals surface area contributed by atoms with Gasteiger partial charge in [0.25, 0.3) is 5.91 Å². The molecule has 7 nitrogen and oxygen atoms in total. The minimum Gasteiger partial charge on any atom is -0.457 e. The number of aliphatic hydroxyl groups is 1. The molecule has 3 heterocycles. The van der Waals surface area contributed by atoms with Gasteiger partial charge in [-0.15, -0.1) is 11.3 Å². The van der Waals surface area contributed by atoms with E-state index in [9.17, 15) is 9.90 Å². The molecule has 2 aromatic heterocycles. The molecule has 2 aliphatic rings. The number of pyridine rings is 1. The molecule has 0 bridgehead atoms. The summed E-state index contributed by atoms with van der Waals surface area (Å²) in [7, 11) is 0. The molecule has 0 radical (unpaired) electrons. The van der Waals surface area contributed by atoms with Crippen LogP contribution < -0.4 is 10.1 Å². The van der Waals surface area contributed by atoms with E-state index in [0.717, 1.165) is 60.4 Å². The van der Waals surface area contributed by atoms with Crippen molar-refractivity contribution in [2.75, 3.05) is 19.6 Å². The Labute approximate surface area is 210 Å². The number of aliphatic hydroxyl groups excluding tert-OH is 1. The lowest BCUT2D eigenvalue weighted by molar-refractivity contribution is 0.0700. The largest absolute Gasteiger partial charge is 0.457 e. The number of nitrogens with zero attached hydrogens (tertiary/aromatic N) is 3. The SMILES string of the molecule is CCN1CCC[C@H]1CNC(=O)c1cc(Oc2ccc3nc(C[C@@H]4CCCC[C@H]4O)sc3c2)ccn1. The van der Waals surface area contributed by atoms with E-state index in [2.05, 4.69) is 22.1 Å². The van der Waals surface area contributed by atoms with E-state index in [1.165, 1.54) is 12.8 Å². The van der Waals surface area contributed by atoms with Crippen molar-refractivity contribution in [3.8, 4) is 11.5 Å². The van der Waals surface area contributed by atoms with Crippen molar-refractivity contribution in [3.63, 3.8) is 0 Å². The first-order valence-electron chi connectivity index (χ1n) is 12.8. The Bertz CT molecular complexity index is 1170. The summed E-state index contributed by atoms with van der Waals surface area (Å²) in [5.41, 5.74) is 1.31. The van der Waals surface area contributed by atoms with Gasteiger partial charge in [-0.2, -0.15) is 0 Å². The van der Waals surface area contributed by atoms with E-state index >= 15 is 0 Å². The van der Waals surface area contributed by atoms with Crippen LogP contribution in [0.25, 0.3) is 10.2 Å². The number of likely N-dealkylation sites (tertiary alicyclic amines) is 1. The highest BCUT2D eigenvalue weighted by Crippen LogP contribution is 2.33. The summed E-state index contributed by atoms with van der Waals surface area (Å²) in [5.74, 6) is 1.41. The van der Waals surface area contributed by atoms with Gasteiger partial charge in [-0.25, -0.2) is 4.98 Å². The van der Waals surface area contributed by atoms with Crippen molar-refractivity contribution in [2.24, 2.45) is 5.92 Å². The highest BCUT2D eigenvalue weighted by Gasteiger charge is 2.25. The molecule has 2 N–H and O–H groups in total. The van der Waals surface area contributed by atoms with Gasteiger partial charge in [-0.3, -0.25) is 14.7 Å². The standard InChI is InChI=1S/C27H34N4O3S/c1-2-31-13-5-7-19(31)17-29-27(33)23-15-21(11-12-28-23)34-20-9-10-22-25(16-20)35-26(30-22)14-18-6-3-4-8-24(18)32/h9-12,15-16,18-19,24,32H,2-8,13-14,17H2,1H3,(H,29,33)/t18-,19-,24+/m0/s1. The Kier molecular flexibility index (Phi) is 7.60. The van der Waals surface area contributed by atoms with E-state index < -0.39 is 0 Å². The smallest absolute Gasteiger partial charge is 0.270 e. The van der Waals surface area contributed by atoms with Crippen LogP contribution in [0, 0.1) is 5.92 Å². The number of nitrogens with one attached hydrogen (secondary N) is 1. The lowest BCUT2D eigenvalue weighted by Gasteiger charge is -2.26. The molecule has 1 aromatic carbocycles. The Morgan fingerprint density at radius 3 is 2.89 bits per heavy atom. The first kappa shape index (κ1) is 24.2. The third-order valence-corrected chi connectivity index (χ3v) is 8.35. The zero-order chi connectivity index (χ0) is 24.2. The molecular formula is C27H34N4O3S.